The summed E-state index contributed by atoms with van der Waals surface area (Å²) >= 11 is 0. The van der Waals surface area contributed by atoms with Crippen molar-refractivity contribution in [3.8, 4) is 5.75 Å². The van der Waals surface area contributed by atoms with Gasteiger partial charge >= 0.3 is 0 Å². The number of para-hydroxylation sites is 2. The molecule has 0 fully saturated rings. The fourth-order valence-corrected chi connectivity index (χ4v) is 1.70. The Kier molecular flexibility index (Phi) is 3.72. The molecule has 0 bridgehead atoms. The number of hydrogen-bond acceptors (Lipinski definition) is 3. The topological polar surface area (TPSA) is 38.5 Å². The van der Waals surface area contributed by atoms with Crippen molar-refractivity contribution in [3.05, 3.63) is 54.1 Å². The molecule has 0 atom stereocenters. The zero-order chi connectivity index (χ0) is 13.0. The van der Waals surface area contributed by atoms with E-state index in [1.54, 1.807) is 0 Å². The lowest BCUT2D eigenvalue weighted by molar-refractivity contribution is 0.308. The van der Waals surface area contributed by atoms with Gasteiger partial charge in [-0.25, -0.2) is 0 Å². The first-order valence-electron chi connectivity index (χ1n) is 5.90. The van der Waals surface area contributed by atoms with Crippen LogP contribution in [0.5, 0.6) is 5.75 Å². The molecule has 0 aliphatic heterocycles. The van der Waals surface area contributed by atoms with Crippen molar-refractivity contribution >= 4 is 11.4 Å². The van der Waals surface area contributed by atoms with Crippen molar-refractivity contribution in [1.82, 2.24) is 0 Å². The summed E-state index contributed by atoms with van der Waals surface area (Å²) in [6, 6.07) is 15.8. The van der Waals surface area contributed by atoms with E-state index in [2.05, 4.69) is 17.0 Å². The third kappa shape index (κ3) is 2.94. The van der Waals surface area contributed by atoms with Crippen LogP contribution >= 0.6 is 0 Å². The quantitative estimate of drug-likeness (QED) is 0.838. The van der Waals surface area contributed by atoms with Gasteiger partial charge in [-0.05, 0) is 29.8 Å². The maximum Gasteiger partial charge on any atom is 0.142 e. The van der Waals surface area contributed by atoms with Crippen LogP contribution in [0.3, 0.4) is 0 Å². The van der Waals surface area contributed by atoms with Crippen LogP contribution in [0.15, 0.2) is 48.5 Å². The predicted octanol–water partition coefficient (Wildman–Crippen LogP) is 2.91. The fraction of sp³-hybridized carbons (Fsp3) is 0.200. The molecule has 3 heteroatoms. The molecule has 18 heavy (non-hydrogen) atoms. The average Bonchev–Trinajstić information content (AvgIpc) is 2.38. The maximum absolute atomic E-state index is 5.83. The normalized spacial score (nSPS) is 10.1. The Morgan fingerprint density at radius 1 is 1.06 bits per heavy atom. The summed E-state index contributed by atoms with van der Waals surface area (Å²) in [5.41, 5.74) is 8.79. The molecule has 0 saturated carbocycles. The minimum absolute atomic E-state index is 0.524. The Labute approximate surface area is 108 Å². The van der Waals surface area contributed by atoms with Crippen molar-refractivity contribution in [2.75, 3.05) is 24.7 Å². The molecule has 0 saturated heterocycles. The van der Waals surface area contributed by atoms with Gasteiger partial charge in [-0.3, -0.25) is 0 Å². The zero-order valence-corrected chi connectivity index (χ0v) is 10.8. The van der Waals surface area contributed by atoms with Crippen molar-refractivity contribution in [2.24, 2.45) is 0 Å². The highest BCUT2D eigenvalue weighted by Crippen LogP contribution is 2.22. The zero-order valence-electron chi connectivity index (χ0n) is 10.8. The second-order valence-electron chi connectivity index (χ2n) is 4.39. The van der Waals surface area contributed by atoms with Crippen LogP contribution in [0.1, 0.15) is 5.56 Å². The second kappa shape index (κ2) is 5.45. The van der Waals surface area contributed by atoms with Crippen LogP contribution in [0, 0.1) is 0 Å². The average molecular weight is 242 g/mol. The van der Waals surface area contributed by atoms with E-state index >= 15 is 0 Å². The van der Waals surface area contributed by atoms with Gasteiger partial charge < -0.3 is 15.4 Å². The highest BCUT2D eigenvalue weighted by atomic mass is 16.5. The molecule has 2 rings (SSSR count). The predicted molar refractivity (Wildman–Crippen MR) is 76.0 cm³/mol. The second-order valence-corrected chi connectivity index (χ2v) is 4.39. The molecule has 3 nitrogen and oxygen atoms in total. The van der Waals surface area contributed by atoms with E-state index in [4.69, 9.17) is 10.5 Å². The summed E-state index contributed by atoms with van der Waals surface area (Å²) in [6.45, 7) is 0.524. The van der Waals surface area contributed by atoms with E-state index in [0.29, 0.717) is 12.3 Å². The summed E-state index contributed by atoms with van der Waals surface area (Å²) < 4.78 is 5.71. The van der Waals surface area contributed by atoms with Crippen molar-refractivity contribution in [2.45, 2.75) is 6.61 Å². The summed E-state index contributed by atoms with van der Waals surface area (Å²) in [4.78, 5) is 2.07. The molecule has 0 aliphatic carbocycles. The first-order valence-corrected chi connectivity index (χ1v) is 5.90. The largest absolute Gasteiger partial charge is 0.487 e. The highest BCUT2D eigenvalue weighted by molar-refractivity contribution is 5.52. The third-order valence-corrected chi connectivity index (χ3v) is 2.74. The molecule has 94 valence electrons. The monoisotopic (exact) mass is 242 g/mol. The molecule has 0 spiro atoms. The molecule has 0 aromatic heterocycles. The SMILES string of the molecule is CN(C)c1cccc(COc2ccccc2N)c1. The van der Waals surface area contributed by atoms with E-state index in [1.165, 1.54) is 0 Å². The Morgan fingerprint density at radius 3 is 2.56 bits per heavy atom. The van der Waals surface area contributed by atoms with Gasteiger partial charge in [0.15, 0.2) is 0 Å². The first kappa shape index (κ1) is 12.3. The standard InChI is InChI=1S/C15H18N2O/c1-17(2)13-7-5-6-12(10-13)11-18-15-9-4-3-8-14(15)16/h3-10H,11,16H2,1-2H3. The summed E-state index contributed by atoms with van der Waals surface area (Å²) in [6.07, 6.45) is 0. The van der Waals surface area contributed by atoms with E-state index < -0.39 is 0 Å². The van der Waals surface area contributed by atoms with E-state index in [0.717, 1.165) is 17.0 Å². The Hall–Kier alpha value is -2.16. The van der Waals surface area contributed by atoms with Gasteiger partial charge in [-0.15, -0.1) is 0 Å². The van der Waals surface area contributed by atoms with Gasteiger partial charge in [0.2, 0.25) is 0 Å². The molecule has 0 unspecified atom stereocenters. The van der Waals surface area contributed by atoms with E-state index in [1.807, 2.05) is 50.5 Å². The minimum Gasteiger partial charge on any atom is -0.487 e. The number of nitrogens with zero attached hydrogens (tertiary/aromatic N) is 1. The number of hydrogen-bond donors (Lipinski definition) is 1. The van der Waals surface area contributed by atoms with Gasteiger partial charge in [0.05, 0.1) is 5.69 Å². The number of nitrogens with two attached hydrogens (primary N) is 1. The lowest BCUT2D eigenvalue weighted by Crippen LogP contribution is -2.09. The number of anilines is 2. The Bertz CT molecular complexity index is 523. The number of benzene rings is 2. The smallest absolute Gasteiger partial charge is 0.142 e. The number of nitrogen functional groups attached to an aromatic ring is 1. The van der Waals surface area contributed by atoms with Crippen LogP contribution in [0.4, 0.5) is 11.4 Å². The lowest BCUT2D eigenvalue weighted by Gasteiger charge is -2.14. The van der Waals surface area contributed by atoms with Gasteiger partial charge in [-0.1, -0.05) is 24.3 Å². The molecule has 0 heterocycles. The molecule has 0 aliphatic rings. The molecule has 0 amide bonds. The summed E-state index contributed by atoms with van der Waals surface area (Å²) in [7, 11) is 4.05. The molecular weight excluding hydrogens is 224 g/mol. The minimum atomic E-state index is 0.524. The molecule has 2 aromatic carbocycles. The Balaban J connectivity index is 2.07. The molecule has 0 radical (unpaired) electrons. The van der Waals surface area contributed by atoms with E-state index in [9.17, 15) is 0 Å². The lowest BCUT2D eigenvalue weighted by atomic mass is 10.2. The van der Waals surface area contributed by atoms with Gasteiger partial charge in [0.1, 0.15) is 12.4 Å². The number of rotatable bonds is 4. The van der Waals surface area contributed by atoms with Crippen LogP contribution in [0.25, 0.3) is 0 Å². The number of ether oxygens (including phenoxy) is 1. The molecular formula is C15H18N2O. The van der Waals surface area contributed by atoms with Gasteiger partial charge in [0.25, 0.3) is 0 Å². The van der Waals surface area contributed by atoms with Crippen LogP contribution in [-0.4, -0.2) is 14.1 Å². The summed E-state index contributed by atoms with van der Waals surface area (Å²) in [5.74, 6) is 0.729. The molecule has 2 aromatic rings. The highest BCUT2D eigenvalue weighted by Gasteiger charge is 2.01. The van der Waals surface area contributed by atoms with E-state index in [-0.39, 0.29) is 0 Å². The third-order valence-electron chi connectivity index (χ3n) is 2.74. The fourth-order valence-electron chi connectivity index (χ4n) is 1.70. The van der Waals surface area contributed by atoms with Crippen LogP contribution in [0.2, 0.25) is 0 Å². The maximum atomic E-state index is 5.83. The van der Waals surface area contributed by atoms with Gasteiger partial charge in [0, 0.05) is 19.8 Å². The van der Waals surface area contributed by atoms with Crippen LogP contribution in [-0.2, 0) is 6.61 Å². The van der Waals surface area contributed by atoms with Crippen molar-refractivity contribution in [3.63, 3.8) is 0 Å². The first-order chi connectivity index (χ1) is 8.66. The van der Waals surface area contributed by atoms with Crippen molar-refractivity contribution in [1.29, 1.82) is 0 Å². The van der Waals surface area contributed by atoms with Gasteiger partial charge in [-0.2, -0.15) is 0 Å². The molecule has 2 N–H and O–H groups in total. The summed E-state index contributed by atoms with van der Waals surface area (Å²) in [5, 5.41) is 0. The van der Waals surface area contributed by atoms with Crippen molar-refractivity contribution < 1.29 is 4.74 Å². The van der Waals surface area contributed by atoms with Crippen LogP contribution < -0.4 is 15.4 Å². The Morgan fingerprint density at radius 2 is 1.83 bits per heavy atom.